The van der Waals surface area contributed by atoms with E-state index in [1.807, 2.05) is 0 Å². The Labute approximate surface area is 123 Å². The second-order valence-electron chi connectivity index (χ2n) is 4.30. The van der Waals surface area contributed by atoms with Crippen molar-refractivity contribution in [3.63, 3.8) is 0 Å². The number of hydrogen-bond acceptors (Lipinski definition) is 4. The summed E-state index contributed by atoms with van der Waals surface area (Å²) in [5, 5.41) is 14.4. The molecule has 0 atom stereocenters. The van der Waals surface area contributed by atoms with Gasteiger partial charge in [-0.25, -0.2) is 0 Å². The van der Waals surface area contributed by atoms with Crippen LogP contribution < -0.4 is 5.43 Å². The smallest absolute Gasteiger partial charge is 0.278 e. The summed E-state index contributed by atoms with van der Waals surface area (Å²) in [7, 11) is 0. The van der Waals surface area contributed by atoms with Crippen LogP contribution in [0.5, 0.6) is 0 Å². The molecule has 0 aliphatic rings. The Morgan fingerprint density at radius 2 is 1.86 bits per heavy atom. The molecular weight excluding hydrogens is 299 g/mol. The van der Waals surface area contributed by atoms with Gasteiger partial charge in [0.25, 0.3) is 5.69 Å². The number of nitrogens with zero attached hydrogens (tertiary/aromatic N) is 2. The van der Waals surface area contributed by atoms with Gasteiger partial charge in [-0.2, -0.15) is 18.3 Å². The van der Waals surface area contributed by atoms with Gasteiger partial charge in [0.15, 0.2) is 0 Å². The Morgan fingerprint density at radius 3 is 2.55 bits per heavy atom. The van der Waals surface area contributed by atoms with Crippen LogP contribution in [-0.2, 0) is 6.18 Å². The van der Waals surface area contributed by atoms with Gasteiger partial charge < -0.3 is 0 Å². The summed E-state index contributed by atoms with van der Waals surface area (Å²) in [4.78, 5) is 10.1. The number of benzene rings is 2. The minimum absolute atomic E-state index is 0.112. The summed E-state index contributed by atoms with van der Waals surface area (Å²) < 4.78 is 37.7. The van der Waals surface area contributed by atoms with Crippen LogP contribution in [0.2, 0.25) is 0 Å². The second-order valence-corrected chi connectivity index (χ2v) is 4.30. The van der Waals surface area contributed by atoms with E-state index in [9.17, 15) is 23.3 Å². The molecule has 0 saturated carbocycles. The van der Waals surface area contributed by atoms with Crippen LogP contribution in [0.1, 0.15) is 11.1 Å². The molecule has 0 saturated heterocycles. The van der Waals surface area contributed by atoms with Gasteiger partial charge in [-0.3, -0.25) is 15.5 Å². The highest BCUT2D eigenvalue weighted by Crippen LogP contribution is 2.29. The topological polar surface area (TPSA) is 67.5 Å². The fraction of sp³-hybridized carbons (Fsp3) is 0.0714. The SMILES string of the molecule is O=[N+]([O-])c1cccc(N/N=C\c2cccc(C(F)(F)F)c2)c1. The van der Waals surface area contributed by atoms with Crippen molar-refractivity contribution in [1.82, 2.24) is 0 Å². The van der Waals surface area contributed by atoms with E-state index < -0.39 is 16.7 Å². The summed E-state index contributed by atoms with van der Waals surface area (Å²) >= 11 is 0. The molecule has 0 bridgehead atoms. The highest BCUT2D eigenvalue weighted by molar-refractivity contribution is 5.80. The molecule has 2 aromatic carbocycles. The molecule has 1 N–H and O–H groups in total. The predicted molar refractivity (Wildman–Crippen MR) is 75.8 cm³/mol. The first-order valence-electron chi connectivity index (χ1n) is 6.07. The van der Waals surface area contributed by atoms with Gasteiger partial charge in [-0.05, 0) is 23.8 Å². The van der Waals surface area contributed by atoms with Gasteiger partial charge in [0.05, 0.1) is 22.4 Å². The zero-order valence-electron chi connectivity index (χ0n) is 11.0. The maximum atomic E-state index is 12.6. The lowest BCUT2D eigenvalue weighted by Crippen LogP contribution is -2.05. The van der Waals surface area contributed by atoms with Gasteiger partial charge >= 0.3 is 6.18 Å². The lowest BCUT2D eigenvalue weighted by molar-refractivity contribution is -0.384. The first kappa shape index (κ1) is 15.5. The van der Waals surface area contributed by atoms with Gasteiger partial charge in [0.2, 0.25) is 0 Å². The summed E-state index contributed by atoms with van der Waals surface area (Å²) in [6.07, 6.45) is -3.22. The van der Waals surface area contributed by atoms with E-state index in [4.69, 9.17) is 0 Å². The Hall–Kier alpha value is -2.90. The number of nitrogens with one attached hydrogen (secondary N) is 1. The molecule has 0 fully saturated rings. The van der Waals surface area contributed by atoms with Gasteiger partial charge in [-0.1, -0.05) is 18.2 Å². The molecule has 5 nitrogen and oxygen atoms in total. The van der Waals surface area contributed by atoms with E-state index in [1.165, 1.54) is 36.5 Å². The lowest BCUT2D eigenvalue weighted by atomic mass is 10.1. The quantitative estimate of drug-likeness (QED) is 0.526. The fourth-order valence-electron chi connectivity index (χ4n) is 1.67. The van der Waals surface area contributed by atoms with E-state index in [1.54, 1.807) is 6.07 Å². The summed E-state index contributed by atoms with van der Waals surface area (Å²) in [6.45, 7) is 0. The van der Waals surface area contributed by atoms with Crippen LogP contribution in [0, 0.1) is 10.1 Å². The molecule has 2 aromatic rings. The number of anilines is 1. The molecule has 0 aliphatic heterocycles. The zero-order valence-corrected chi connectivity index (χ0v) is 11.0. The molecule has 0 unspecified atom stereocenters. The first-order valence-corrected chi connectivity index (χ1v) is 6.07. The van der Waals surface area contributed by atoms with E-state index >= 15 is 0 Å². The van der Waals surface area contributed by atoms with Crippen molar-refractivity contribution < 1.29 is 18.1 Å². The monoisotopic (exact) mass is 309 g/mol. The highest BCUT2D eigenvalue weighted by atomic mass is 19.4. The van der Waals surface area contributed by atoms with Crippen LogP contribution in [-0.4, -0.2) is 11.1 Å². The number of nitro groups is 1. The third kappa shape index (κ3) is 4.05. The molecule has 0 aliphatic carbocycles. The third-order valence-corrected chi connectivity index (χ3v) is 2.68. The van der Waals surface area contributed by atoms with Crippen molar-refractivity contribution in [3.8, 4) is 0 Å². The molecule has 114 valence electrons. The average molecular weight is 309 g/mol. The van der Waals surface area contributed by atoms with E-state index in [-0.39, 0.29) is 11.3 Å². The number of hydrazone groups is 1. The normalized spacial score (nSPS) is 11.6. The van der Waals surface area contributed by atoms with E-state index in [0.29, 0.717) is 5.69 Å². The molecule has 2 rings (SSSR count). The molecule has 0 heterocycles. The Kier molecular flexibility index (Phi) is 4.40. The van der Waals surface area contributed by atoms with E-state index in [2.05, 4.69) is 10.5 Å². The molecule has 0 amide bonds. The summed E-state index contributed by atoms with van der Waals surface area (Å²) in [6, 6.07) is 10.3. The minimum atomic E-state index is -4.42. The standard InChI is InChI=1S/C14H10F3N3O2/c15-14(16,17)11-4-1-3-10(7-11)9-18-19-12-5-2-6-13(8-12)20(21)22/h1-9,19H/b18-9-. The molecule has 0 aromatic heterocycles. The molecule has 8 heteroatoms. The lowest BCUT2D eigenvalue weighted by Gasteiger charge is -2.06. The van der Waals surface area contributed by atoms with Crippen molar-refractivity contribution >= 4 is 17.6 Å². The van der Waals surface area contributed by atoms with Crippen LogP contribution in [0.25, 0.3) is 0 Å². The van der Waals surface area contributed by atoms with Gasteiger partial charge in [0.1, 0.15) is 0 Å². The van der Waals surface area contributed by atoms with Crippen molar-refractivity contribution in [2.45, 2.75) is 6.18 Å². The zero-order chi connectivity index (χ0) is 16.2. The number of non-ortho nitro benzene ring substituents is 1. The fourth-order valence-corrected chi connectivity index (χ4v) is 1.67. The minimum Gasteiger partial charge on any atom is -0.278 e. The van der Waals surface area contributed by atoms with Gasteiger partial charge in [0, 0.05) is 12.1 Å². The van der Waals surface area contributed by atoms with Crippen molar-refractivity contribution in [1.29, 1.82) is 0 Å². The van der Waals surface area contributed by atoms with Crippen LogP contribution >= 0.6 is 0 Å². The number of rotatable bonds is 4. The summed E-state index contributed by atoms with van der Waals surface area (Å²) in [5.74, 6) is 0. The maximum Gasteiger partial charge on any atom is 0.416 e. The third-order valence-electron chi connectivity index (χ3n) is 2.68. The van der Waals surface area contributed by atoms with Crippen LogP contribution in [0.4, 0.5) is 24.5 Å². The predicted octanol–water partition coefficient (Wildman–Crippen LogP) is 4.06. The summed E-state index contributed by atoms with van der Waals surface area (Å²) in [5.41, 5.74) is 2.26. The Bertz CT molecular complexity index is 714. The first-order chi connectivity index (χ1) is 10.4. The maximum absolute atomic E-state index is 12.6. The number of nitro benzene ring substituents is 1. The Morgan fingerprint density at radius 1 is 1.14 bits per heavy atom. The van der Waals surface area contributed by atoms with Gasteiger partial charge in [-0.15, -0.1) is 0 Å². The molecule has 0 spiro atoms. The second kappa shape index (κ2) is 6.25. The van der Waals surface area contributed by atoms with Crippen molar-refractivity contribution in [3.05, 3.63) is 69.8 Å². The van der Waals surface area contributed by atoms with E-state index in [0.717, 1.165) is 12.1 Å². The number of hydrogen-bond donors (Lipinski definition) is 1. The van der Waals surface area contributed by atoms with Crippen LogP contribution in [0.15, 0.2) is 53.6 Å². The molecular formula is C14H10F3N3O2. The Balaban J connectivity index is 2.10. The highest BCUT2D eigenvalue weighted by Gasteiger charge is 2.30. The number of alkyl halides is 3. The average Bonchev–Trinajstić information content (AvgIpc) is 2.47. The largest absolute Gasteiger partial charge is 0.416 e. The van der Waals surface area contributed by atoms with Crippen molar-refractivity contribution in [2.24, 2.45) is 5.10 Å². The number of halogens is 3. The molecule has 0 radical (unpaired) electrons. The molecule has 22 heavy (non-hydrogen) atoms. The van der Waals surface area contributed by atoms with Crippen molar-refractivity contribution in [2.75, 3.05) is 5.43 Å². The van der Waals surface area contributed by atoms with Crippen LogP contribution in [0.3, 0.4) is 0 Å².